The molecule has 13 heavy (non-hydrogen) atoms. The molecule has 1 aliphatic rings. The second-order valence-electron chi connectivity index (χ2n) is 2.85. The number of nitrogens with two attached hydrogens (primary N) is 1. The van der Waals surface area contributed by atoms with Crippen LogP contribution in [0.5, 0.6) is 0 Å². The van der Waals surface area contributed by atoms with Crippen molar-refractivity contribution in [2.24, 2.45) is 5.73 Å². The van der Waals surface area contributed by atoms with E-state index >= 15 is 0 Å². The summed E-state index contributed by atoms with van der Waals surface area (Å²) in [6, 6.07) is 7.81. The molecule has 0 saturated carbocycles. The SMILES string of the molecule is NC(=O)C1SC=Cc2ccccc21. The van der Waals surface area contributed by atoms with E-state index < -0.39 is 0 Å². The summed E-state index contributed by atoms with van der Waals surface area (Å²) in [7, 11) is 0. The molecule has 0 radical (unpaired) electrons. The molecule has 0 saturated heterocycles. The number of hydrogen-bond acceptors (Lipinski definition) is 2. The van der Waals surface area contributed by atoms with Gasteiger partial charge in [-0.15, -0.1) is 11.8 Å². The van der Waals surface area contributed by atoms with Gasteiger partial charge in [0, 0.05) is 0 Å². The Morgan fingerprint density at radius 1 is 1.38 bits per heavy atom. The first kappa shape index (κ1) is 8.38. The maximum Gasteiger partial charge on any atom is 0.235 e. The van der Waals surface area contributed by atoms with Gasteiger partial charge >= 0.3 is 0 Å². The summed E-state index contributed by atoms with van der Waals surface area (Å²) in [6.45, 7) is 0. The molecule has 1 aromatic carbocycles. The molecule has 0 fully saturated rings. The highest BCUT2D eigenvalue weighted by molar-refractivity contribution is 8.03. The first-order valence-electron chi connectivity index (χ1n) is 3.99. The van der Waals surface area contributed by atoms with Crippen LogP contribution in [0.3, 0.4) is 0 Å². The lowest BCUT2D eigenvalue weighted by atomic mass is 10.0. The van der Waals surface area contributed by atoms with Gasteiger partial charge in [-0.3, -0.25) is 4.79 Å². The maximum absolute atomic E-state index is 11.1. The topological polar surface area (TPSA) is 43.1 Å². The van der Waals surface area contributed by atoms with Gasteiger partial charge in [0.2, 0.25) is 5.91 Å². The third-order valence-corrected chi connectivity index (χ3v) is 3.05. The number of carbonyl (C=O) groups is 1. The van der Waals surface area contributed by atoms with E-state index in [0.717, 1.165) is 11.1 Å². The third kappa shape index (κ3) is 1.47. The van der Waals surface area contributed by atoms with Gasteiger partial charge in [-0.1, -0.05) is 24.3 Å². The zero-order chi connectivity index (χ0) is 9.26. The number of primary amides is 1. The molecule has 1 unspecified atom stereocenters. The Kier molecular flexibility index (Phi) is 2.10. The number of hydrogen-bond donors (Lipinski definition) is 1. The van der Waals surface area contributed by atoms with E-state index in [0.29, 0.717) is 0 Å². The molecule has 0 bridgehead atoms. The predicted octanol–water partition coefficient (Wildman–Crippen LogP) is 1.93. The van der Waals surface area contributed by atoms with Crippen LogP contribution in [-0.2, 0) is 4.79 Å². The van der Waals surface area contributed by atoms with Crippen molar-refractivity contribution in [1.82, 2.24) is 0 Å². The van der Waals surface area contributed by atoms with Crippen molar-refractivity contribution in [1.29, 1.82) is 0 Å². The lowest BCUT2D eigenvalue weighted by Gasteiger charge is -2.17. The molecule has 1 aliphatic heterocycles. The van der Waals surface area contributed by atoms with Crippen LogP contribution in [0.4, 0.5) is 0 Å². The van der Waals surface area contributed by atoms with E-state index in [4.69, 9.17) is 5.73 Å². The summed E-state index contributed by atoms with van der Waals surface area (Å²) in [5.41, 5.74) is 7.39. The number of benzene rings is 1. The Morgan fingerprint density at radius 3 is 2.92 bits per heavy atom. The van der Waals surface area contributed by atoms with Gasteiger partial charge in [0.15, 0.2) is 0 Å². The summed E-state index contributed by atoms with van der Waals surface area (Å²) in [5.74, 6) is -0.276. The van der Waals surface area contributed by atoms with Gasteiger partial charge in [-0.25, -0.2) is 0 Å². The fourth-order valence-electron chi connectivity index (χ4n) is 1.39. The van der Waals surface area contributed by atoms with Crippen molar-refractivity contribution in [2.45, 2.75) is 5.25 Å². The minimum atomic E-state index is -0.276. The van der Waals surface area contributed by atoms with Crippen molar-refractivity contribution in [3.8, 4) is 0 Å². The Bertz CT molecular complexity index is 373. The highest BCUT2D eigenvalue weighted by atomic mass is 32.2. The van der Waals surface area contributed by atoms with Gasteiger partial charge in [-0.05, 0) is 22.6 Å². The van der Waals surface area contributed by atoms with Crippen molar-refractivity contribution in [3.63, 3.8) is 0 Å². The summed E-state index contributed by atoms with van der Waals surface area (Å²) >= 11 is 1.46. The van der Waals surface area contributed by atoms with Crippen LogP contribution in [-0.4, -0.2) is 5.91 Å². The van der Waals surface area contributed by atoms with Crippen molar-refractivity contribution < 1.29 is 4.79 Å². The van der Waals surface area contributed by atoms with Gasteiger partial charge in [0.25, 0.3) is 0 Å². The highest BCUT2D eigenvalue weighted by Crippen LogP contribution is 2.36. The fraction of sp³-hybridized carbons (Fsp3) is 0.100. The van der Waals surface area contributed by atoms with E-state index in [-0.39, 0.29) is 11.2 Å². The summed E-state index contributed by atoms with van der Waals surface area (Å²) in [5, 5.41) is 1.69. The number of thioether (sulfide) groups is 1. The largest absolute Gasteiger partial charge is 0.368 e. The summed E-state index contributed by atoms with van der Waals surface area (Å²) in [6.07, 6.45) is 2.00. The van der Waals surface area contributed by atoms with Crippen LogP contribution in [0, 0.1) is 0 Å². The Balaban J connectivity index is 2.49. The first-order chi connectivity index (χ1) is 6.29. The van der Waals surface area contributed by atoms with E-state index in [1.807, 2.05) is 35.7 Å². The minimum absolute atomic E-state index is 0.221. The van der Waals surface area contributed by atoms with Gasteiger partial charge in [0.05, 0.1) is 0 Å². The molecular formula is C10H9NOS. The van der Waals surface area contributed by atoms with Crippen LogP contribution >= 0.6 is 11.8 Å². The number of amides is 1. The smallest absolute Gasteiger partial charge is 0.235 e. The van der Waals surface area contributed by atoms with Crippen LogP contribution in [0.1, 0.15) is 16.4 Å². The second-order valence-corrected chi connectivity index (χ2v) is 3.87. The number of carbonyl (C=O) groups excluding carboxylic acids is 1. The van der Waals surface area contributed by atoms with Gasteiger partial charge in [-0.2, -0.15) is 0 Å². The molecule has 0 aromatic heterocycles. The quantitative estimate of drug-likeness (QED) is 0.737. The van der Waals surface area contributed by atoms with E-state index in [1.165, 1.54) is 11.8 Å². The number of fused-ring (bicyclic) bond motifs is 1. The predicted molar refractivity (Wildman–Crippen MR) is 55.0 cm³/mol. The molecule has 3 heteroatoms. The van der Waals surface area contributed by atoms with E-state index in [2.05, 4.69) is 0 Å². The second kappa shape index (κ2) is 3.26. The molecular weight excluding hydrogens is 182 g/mol. The third-order valence-electron chi connectivity index (χ3n) is 2.00. The van der Waals surface area contributed by atoms with Gasteiger partial charge in [0.1, 0.15) is 5.25 Å². The molecule has 2 nitrogen and oxygen atoms in total. The molecule has 1 heterocycles. The Morgan fingerprint density at radius 2 is 2.15 bits per heavy atom. The first-order valence-corrected chi connectivity index (χ1v) is 4.93. The fourth-order valence-corrected chi connectivity index (χ4v) is 2.26. The molecule has 0 spiro atoms. The van der Waals surface area contributed by atoms with Crippen molar-refractivity contribution in [3.05, 3.63) is 40.8 Å². The number of rotatable bonds is 1. The molecule has 2 N–H and O–H groups in total. The molecule has 0 aliphatic carbocycles. The molecule has 1 atom stereocenters. The molecule has 2 rings (SSSR count). The zero-order valence-electron chi connectivity index (χ0n) is 6.94. The van der Waals surface area contributed by atoms with E-state index in [9.17, 15) is 4.79 Å². The van der Waals surface area contributed by atoms with Crippen molar-refractivity contribution in [2.75, 3.05) is 0 Å². The Labute approximate surface area is 80.8 Å². The molecule has 1 aromatic rings. The normalized spacial score (nSPS) is 19.5. The maximum atomic E-state index is 11.1. The zero-order valence-corrected chi connectivity index (χ0v) is 7.75. The lowest BCUT2D eigenvalue weighted by Crippen LogP contribution is -2.20. The van der Waals surface area contributed by atoms with Crippen LogP contribution in [0.15, 0.2) is 29.7 Å². The van der Waals surface area contributed by atoms with Crippen LogP contribution in [0.2, 0.25) is 0 Å². The highest BCUT2D eigenvalue weighted by Gasteiger charge is 2.21. The monoisotopic (exact) mass is 191 g/mol. The Hall–Kier alpha value is -1.22. The minimum Gasteiger partial charge on any atom is -0.368 e. The summed E-state index contributed by atoms with van der Waals surface area (Å²) < 4.78 is 0. The molecule has 1 amide bonds. The average Bonchev–Trinajstić information content (AvgIpc) is 2.17. The van der Waals surface area contributed by atoms with E-state index in [1.54, 1.807) is 0 Å². The lowest BCUT2D eigenvalue weighted by molar-refractivity contribution is -0.117. The molecule has 66 valence electrons. The van der Waals surface area contributed by atoms with Crippen molar-refractivity contribution >= 4 is 23.7 Å². The standard InChI is InChI=1S/C10H9NOS/c11-10(12)9-8-4-2-1-3-7(8)5-6-13-9/h1-6,9H,(H2,11,12). The summed E-state index contributed by atoms with van der Waals surface area (Å²) in [4.78, 5) is 11.1. The van der Waals surface area contributed by atoms with Gasteiger partial charge < -0.3 is 5.73 Å². The van der Waals surface area contributed by atoms with Crippen LogP contribution in [0.25, 0.3) is 6.08 Å². The average molecular weight is 191 g/mol. The van der Waals surface area contributed by atoms with Crippen LogP contribution < -0.4 is 5.73 Å².